The molecule has 0 aromatic heterocycles. The van der Waals surface area contributed by atoms with Crippen LogP contribution in [0, 0.1) is 17.0 Å². The van der Waals surface area contributed by atoms with E-state index in [4.69, 9.17) is 4.74 Å². The van der Waals surface area contributed by atoms with Gasteiger partial charge in [-0.2, -0.15) is 0 Å². The van der Waals surface area contributed by atoms with Crippen LogP contribution in [-0.2, 0) is 14.3 Å². The first kappa shape index (κ1) is 20.2. The summed E-state index contributed by atoms with van der Waals surface area (Å²) < 4.78 is 5.04. The van der Waals surface area contributed by atoms with Crippen LogP contribution >= 0.6 is 0 Å². The van der Waals surface area contributed by atoms with Crippen molar-refractivity contribution < 1.29 is 24.4 Å². The van der Waals surface area contributed by atoms with Crippen LogP contribution in [0.5, 0.6) is 0 Å². The van der Waals surface area contributed by atoms with Gasteiger partial charge in [-0.15, -0.1) is 0 Å². The molecule has 0 unspecified atom stereocenters. The van der Waals surface area contributed by atoms with Crippen LogP contribution in [0.1, 0.15) is 22.7 Å². The van der Waals surface area contributed by atoms with Gasteiger partial charge in [-0.1, -0.05) is 42.0 Å². The number of benzene rings is 2. The molecule has 0 saturated carbocycles. The van der Waals surface area contributed by atoms with E-state index < -0.39 is 22.7 Å². The highest BCUT2D eigenvalue weighted by atomic mass is 16.6. The van der Waals surface area contributed by atoms with E-state index in [-0.39, 0.29) is 30.2 Å². The van der Waals surface area contributed by atoms with Crippen molar-refractivity contribution >= 4 is 23.1 Å². The molecule has 0 aliphatic carbocycles. The normalized spacial score (nSPS) is 18.3. The van der Waals surface area contributed by atoms with Crippen LogP contribution in [-0.4, -0.2) is 46.9 Å². The minimum Gasteiger partial charge on any atom is -0.507 e. The number of amides is 1. The third kappa shape index (κ3) is 3.88. The summed E-state index contributed by atoms with van der Waals surface area (Å²) in [5, 5.41) is 22.1. The number of non-ortho nitro benzene ring substituents is 1. The average Bonchev–Trinajstić information content (AvgIpc) is 2.97. The second-order valence-corrected chi connectivity index (χ2v) is 6.70. The molecule has 1 aliphatic heterocycles. The molecule has 29 heavy (non-hydrogen) atoms. The summed E-state index contributed by atoms with van der Waals surface area (Å²) >= 11 is 0. The van der Waals surface area contributed by atoms with Gasteiger partial charge in [0.15, 0.2) is 0 Å². The molecule has 0 radical (unpaired) electrons. The van der Waals surface area contributed by atoms with Gasteiger partial charge in [0.2, 0.25) is 0 Å². The van der Waals surface area contributed by atoms with E-state index in [0.29, 0.717) is 11.1 Å². The number of rotatable bonds is 6. The first-order valence-electron chi connectivity index (χ1n) is 8.94. The Morgan fingerprint density at radius 3 is 2.52 bits per heavy atom. The van der Waals surface area contributed by atoms with Crippen LogP contribution in [0.3, 0.4) is 0 Å². The third-order valence-corrected chi connectivity index (χ3v) is 4.80. The van der Waals surface area contributed by atoms with E-state index >= 15 is 0 Å². The molecule has 1 fully saturated rings. The predicted octanol–water partition coefficient (Wildman–Crippen LogP) is 2.97. The summed E-state index contributed by atoms with van der Waals surface area (Å²) in [6, 6.07) is 11.6. The van der Waals surface area contributed by atoms with Crippen LogP contribution in [0.15, 0.2) is 54.1 Å². The zero-order chi connectivity index (χ0) is 21.1. The Balaban J connectivity index is 2.18. The molecular weight excluding hydrogens is 376 g/mol. The number of methoxy groups -OCH3 is 1. The standard InChI is InChI=1S/C21H20N2O6/c1-13-6-8-14(9-7-13)19(24)17-18(15-4-3-5-16(12-15)23(27)28)22(10-11-29-2)21(26)20(17)25/h3-9,12,18,24H,10-11H2,1-2H3/t18-/m0/s1. The van der Waals surface area contributed by atoms with Gasteiger partial charge < -0.3 is 14.7 Å². The Bertz CT molecular complexity index is 996. The second kappa shape index (κ2) is 8.24. The van der Waals surface area contributed by atoms with Gasteiger partial charge in [0, 0.05) is 31.4 Å². The Morgan fingerprint density at radius 2 is 1.90 bits per heavy atom. The molecule has 2 aromatic rings. The molecule has 8 nitrogen and oxygen atoms in total. The van der Waals surface area contributed by atoms with Crippen molar-refractivity contribution in [2.45, 2.75) is 13.0 Å². The largest absolute Gasteiger partial charge is 0.507 e. The number of aliphatic hydroxyl groups is 1. The van der Waals surface area contributed by atoms with Gasteiger partial charge in [-0.05, 0) is 12.5 Å². The molecule has 8 heteroatoms. The number of ether oxygens (including phenoxy) is 1. The van der Waals surface area contributed by atoms with E-state index in [2.05, 4.69) is 0 Å². The molecule has 1 heterocycles. The maximum absolute atomic E-state index is 12.8. The van der Waals surface area contributed by atoms with Crippen LogP contribution in [0.25, 0.3) is 5.76 Å². The topological polar surface area (TPSA) is 110 Å². The van der Waals surface area contributed by atoms with Crippen molar-refractivity contribution in [3.05, 3.63) is 80.9 Å². The lowest BCUT2D eigenvalue weighted by molar-refractivity contribution is -0.384. The minimum absolute atomic E-state index is 0.0963. The fourth-order valence-electron chi connectivity index (χ4n) is 3.32. The molecule has 0 bridgehead atoms. The molecule has 1 saturated heterocycles. The first-order chi connectivity index (χ1) is 13.8. The van der Waals surface area contributed by atoms with Crippen molar-refractivity contribution in [1.82, 2.24) is 4.90 Å². The van der Waals surface area contributed by atoms with E-state index in [1.165, 1.54) is 30.2 Å². The predicted molar refractivity (Wildman–Crippen MR) is 105 cm³/mol. The summed E-state index contributed by atoms with van der Waals surface area (Å²) in [4.78, 5) is 37.3. The zero-order valence-electron chi connectivity index (χ0n) is 16.0. The number of ketones is 1. The number of nitrogens with zero attached hydrogens (tertiary/aromatic N) is 2. The number of nitro benzene ring substituents is 1. The number of hydrogen-bond donors (Lipinski definition) is 1. The summed E-state index contributed by atoms with van der Waals surface area (Å²) in [5.41, 5.74) is 1.45. The van der Waals surface area contributed by atoms with Gasteiger partial charge >= 0.3 is 0 Å². The van der Waals surface area contributed by atoms with Crippen molar-refractivity contribution in [3.8, 4) is 0 Å². The van der Waals surface area contributed by atoms with Gasteiger partial charge in [0.05, 0.1) is 23.1 Å². The van der Waals surface area contributed by atoms with Crippen LogP contribution < -0.4 is 0 Å². The number of carbonyl (C=O) groups is 2. The molecule has 150 valence electrons. The minimum atomic E-state index is -0.952. The highest BCUT2D eigenvalue weighted by molar-refractivity contribution is 6.46. The molecule has 3 rings (SSSR count). The lowest BCUT2D eigenvalue weighted by Gasteiger charge is -2.24. The zero-order valence-corrected chi connectivity index (χ0v) is 16.0. The first-order valence-corrected chi connectivity index (χ1v) is 8.94. The number of nitro groups is 1. The Morgan fingerprint density at radius 1 is 1.21 bits per heavy atom. The third-order valence-electron chi connectivity index (χ3n) is 4.80. The second-order valence-electron chi connectivity index (χ2n) is 6.70. The lowest BCUT2D eigenvalue weighted by Crippen LogP contribution is -2.32. The number of aryl methyl sites for hydroxylation is 1. The van der Waals surface area contributed by atoms with Gasteiger partial charge in [-0.3, -0.25) is 19.7 Å². The van der Waals surface area contributed by atoms with Gasteiger partial charge in [0.25, 0.3) is 17.4 Å². The monoisotopic (exact) mass is 396 g/mol. The van der Waals surface area contributed by atoms with E-state index in [1.54, 1.807) is 30.3 Å². The fraction of sp³-hybridized carbons (Fsp3) is 0.238. The summed E-state index contributed by atoms with van der Waals surface area (Å²) in [6.45, 7) is 2.15. The van der Waals surface area contributed by atoms with Crippen molar-refractivity contribution in [2.75, 3.05) is 20.3 Å². The molecule has 0 spiro atoms. The number of Topliss-reactive ketones (excluding diaryl/α,β-unsaturated/α-hetero) is 1. The number of carbonyl (C=O) groups excluding carboxylic acids is 2. The average molecular weight is 396 g/mol. The summed E-state index contributed by atoms with van der Waals surface area (Å²) in [5.74, 6) is -1.94. The summed E-state index contributed by atoms with van der Waals surface area (Å²) in [7, 11) is 1.46. The van der Waals surface area contributed by atoms with Crippen LogP contribution in [0.2, 0.25) is 0 Å². The lowest BCUT2D eigenvalue weighted by atomic mass is 9.95. The Kier molecular flexibility index (Phi) is 5.74. The Hall–Kier alpha value is -3.52. The van der Waals surface area contributed by atoms with Crippen molar-refractivity contribution in [3.63, 3.8) is 0 Å². The van der Waals surface area contributed by atoms with Gasteiger partial charge in [0.1, 0.15) is 5.76 Å². The van der Waals surface area contributed by atoms with E-state index in [1.807, 2.05) is 6.92 Å². The fourth-order valence-corrected chi connectivity index (χ4v) is 3.32. The maximum atomic E-state index is 12.8. The quantitative estimate of drug-likeness (QED) is 0.264. The molecule has 1 atom stereocenters. The van der Waals surface area contributed by atoms with Crippen molar-refractivity contribution in [2.24, 2.45) is 0 Å². The number of likely N-dealkylation sites (tertiary alicyclic amines) is 1. The Labute approximate surface area is 167 Å². The highest BCUT2D eigenvalue weighted by Crippen LogP contribution is 2.40. The van der Waals surface area contributed by atoms with Crippen LogP contribution in [0.4, 0.5) is 5.69 Å². The smallest absolute Gasteiger partial charge is 0.295 e. The maximum Gasteiger partial charge on any atom is 0.295 e. The van der Waals surface area contributed by atoms with E-state index in [0.717, 1.165) is 5.56 Å². The number of hydrogen-bond acceptors (Lipinski definition) is 6. The molecule has 1 amide bonds. The van der Waals surface area contributed by atoms with Gasteiger partial charge in [-0.25, -0.2) is 0 Å². The number of aliphatic hydroxyl groups excluding tert-OH is 1. The SMILES string of the molecule is COCCN1C(=O)C(=O)C(=C(O)c2ccc(C)cc2)[C@@H]1c1cccc([N+](=O)[O-])c1. The van der Waals surface area contributed by atoms with Crippen molar-refractivity contribution in [1.29, 1.82) is 0 Å². The molecule has 1 N–H and O–H groups in total. The molecular formula is C21H20N2O6. The molecule has 1 aliphatic rings. The van der Waals surface area contributed by atoms with E-state index in [9.17, 15) is 24.8 Å². The highest BCUT2D eigenvalue weighted by Gasteiger charge is 2.46. The summed E-state index contributed by atoms with van der Waals surface area (Å²) in [6.07, 6.45) is 0. The molecule has 2 aromatic carbocycles.